The third-order valence-corrected chi connectivity index (χ3v) is 3.39. The monoisotopic (exact) mass is 237 g/mol. The van der Waals surface area contributed by atoms with Gasteiger partial charge in [0.1, 0.15) is 5.76 Å². The molecule has 2 heterocycles. The second-order valence-electron chi connectivity index (χ2n) is 5.25. The van der Waals surface area contributed by atoms with Crippen LogP contribution in [-0.4, -0.2) is 24.1 Å². The Morgan fingerprint density at radius 1 is 1.41 bits per heavy atom. The van der Waals surface area contributed by atoms with Gasteiger partial charge < -0.3 is 15.1 Å². The van der Waals surface area contributed by atoms with Crippen LogP contribution in [0.1, 0.15) is 43.7 Å². The van der Waals surface area contributed by atoms with Crippen molar-refractivity contribution in [2.45, 2.75) is 46.2 Å². The van der Waals surface area contributed by atoms with E-state index in [-0.39, 0.29) is 6.04 Å². The van der Waals surface area contributed by atoms with Crippen LogP contribution in [0.3, 0.4) is 0 Å². The van der Waals surface area contributed by atoms with Gasteiger partial charge in [-0.1, -0.05) is 13.8 Å². The fourth-order valence-corrected chi connectivity index (χ4v) is 2.36. The fraction of sp³-hybridized carbons (Fsp3) is 0.769. The minimum absolute atomic E-state index is 0.234. The molecule has 96 valence electrons. The summed E-state index contributed by atoms with van der Waals surface area (Å²) in [5.74, 6) is 2.36. The van der Waals surface area contributed by atoms with E-state index in [1.807, 2.05) is 13.8 Å². The summed E-state index contributed by atoms with van der Waals surface area (Å²) in [6, 6.07) is 0.672. The van der Waals surface area contributed by atoms with E-state index in [1.54, 1.807) is 0 Å². The minimum atomic E-state index is 0.234. The molecule has 1 aromatic heterocycles. The van der Waals surface area contributed by atoms with Crippen LogP contribution in [0.5, 0.6) is 0 Å². The molecule has 2 rings (SSSR count). The average molecular weight is 237 g/mol. The van der Waals surface area contributed by atoms with Crippen molar-refractivity contribution in [3.05, 3.63) is 17.3 Å². The smallest absolute Gasteiger partial charge is 0.212 e. The van der Waals surface area contributed by atoms with E-state index in [1.165, 1.54) is 6.42 Å². The molecule has 0 bridgehead atoms. The van der Waals surface area contributed by atoms with Crippen LogP contribution in [-0.2, 0) is 0 Å². The van der Waals surface area contributed by atoms with Crippen molar-refractivity contribution in [2.75, 3.05) is 13.1 Å². The number of hydrogen-bond donors (Lipinski definition) is 2. The first-order valence-corrected chi connectivity index (χ1v) is 6.48. The molecule has 1 aliphatic rings. The van der Waals surface area contributed by atoms with Crippen molar-refractivity contribution >= 4 is 0 Å². The van der Waals surface area contributed by atoms with Gasteiger partial charge in [-0.2, -0.15) is 0 Å². The second kappa shape index (κ2) is 5.19. The lowest BCUT2D eigenvalue weighted by molar-refractivity contribution is 0.293. The Morgan fingerprint density at radius 3 is 2.65 bits per heavy atom. The van der Waals surface area contributed by atoms with Crippen LogP contribution in [0.15, 0.2) is 4.42 Å². The maximum Gasteiger partial charge on any atom is 0.212 e. The standard InChI is InChI=1S/C13H23N3O/c1-8(2)15-12(11-5-6-14-7-11)13-16-9(3)10(4)17-13/h8,11-12,14-15H,5-7H2,1-4H3. The van der Waals surface area contributed by atoms with Gasteiger partial charge in [0.2, 0.25) is 5.89 Å². The molecule has 0 aromatic carbocycles. The van der Waals surface area contributed by atoms with Crippen LogP contribution >= 0.6 is 0 Å². The van der Waals surface area contributed by atoms with Crippen molar-refractivity contribution in [3.63, 3.8) is 0 Å². The Morgan fingerprint density at radius 2 is 2.18 bits per heavy atom. The van der Waals surface area contributed by atoms with E-state index in [2.05, 4.69) is 29.5 Å². The third-order valence-electron chi connectivity index (χ3n) is 3.39. The Bertz CT molecular complexity index is 347. The SMILES string of the molecule is Cc1nc(C(NC(C)C)C2CCNC2)oc1C. The van der Waals surface area contributed by atoms with Gasteiger partial charge in [0.25, 0.3) is 0 Å². The van der Waals surface area contributed by atoms with E-state index in [4.69, 9.17) is 4.42 Å². The highest BCUT2D eigenvalue weighted by Gasteiger charge is 2.30. The summed E-state index contributed by atoms with van der Waals surface area (Å²) in [5.41, 5.74) is 1.00. The minimum Gasteiger partial charge on any atom is -0.444 e. The topological polar surface area (TPSA) is 50.1 Å². The van der Waals surface area contributed by atoms with Crippen molar-refractivity contribution in [3.8, 4) is 0 Å². The molecule has 4 heteroatoms. The Kier molecular flexibility index (Phi) is 3.84. The molecule has 2 N–H and O–H groups in total. The molecular formula is C13H23N3O. The zero-order valence-corrected chi connectivity index (χ0v) is 11.2. The van der Waals surface area contributed by atoms with E-state index in [0.29, 0.717) is 12.0 Å². The van der Waals surface area contributed by atoms with Gasteiger partial charge >= 0.3 is 0 Å². The summed E-state index contributed by atoms with van der Waals surface area (Å²) in [4.78, 5) is 4.55. The molecule has 1 saturated heterocycles. The summed E-state index contributed by atoms with van der Waals surface area (Å²) >= 11 is 0. The number of aryl methyl sites for hydroxylation is 2. The van der Waals surface area contributed by atoms with Crippen LogP contribution in [0.25, 0.3) is 0 Å². The van der Waals surface area contributed by atoms with E-state index in [9.17, 15) is 0 Å². The van der Waals surface area contributed by atoms with Crippen LogP contribution in [0.4, 0.5) is 0 Å². The number of oxazole rings is 1. The maximum atomic E-state index is 5.79. The van der Waals surface area contributed by atoms with E-state index >= 15 is 0 Å². The lowest BCUT2D eigenvalue weighted by Crippen LogP contribution is -2.34. The number of nitrogens with zero attached hydrogens (tertiary/aromatic N) is 1. The Hall–Kier alpha value is -0.870. The highest BCUT2D eigenvalue weighted by molar-refractivity contribution is 5.09. The summed E-state index contributed by atoms with van der Waals surface area (Å²) in [6.07, 6.45) is 1.19. The normalized spacial score (nSPS) is 22.3. The lowest BCUT2D eigenvalue weighted by Gasteiger charge is -2.23. The molecule has 4 nitrogen and oxygen atoms in total. The van der Waals surface area contributed by atoms with Crippen molar-refractivity contribution in [1.29, 1.82) is 0 Å². The fourth-order valence-electron chi connectivity index (χ4n) is 2.36. The van der Waals surface area contributed by atoms with Crippen LogP contribution in [0.2, 0.25) is 0 Å². The molecular weight excluding hydrogens is 214 g/mol. The largest absolute Gasteiger partial charge is 0.444 e. The van der Waals surface area contributed by atoms with Gasteiger partial charge in [-0.15, -0.1) is 0 Å². The predicted molar refractivity (Wildman–Crippen MR) is 68.0 cm³/mol. The first-order valence-electron chi connectivity index (χ1n) is 6.48. The summed E-state index contributed by atoms with van der Waals surface area (Å²) in [7, 11) is 0. The molecule has 1 aromatic rings. The highest BCUT2D eigenvalue weighted by atomic mass is 16.4. The van der Waals surface area contributed by atoms with E-state index in [0.717, 1.165) is 30.4 Å². The zero-order valence-electron chi connectivity index (χ0n) is 11.2. The van der Waals surface area contributed by atoms with Gasteiger partial charge in [0.05, 0.1) is 11.7 Å². The molecule has 1 fully saturated rings. The predicted octanol–water partition coefficient (Wildman–Crippen LogP) is 1.94. The van der Waals surface area contributed by atoms with Crippen LogP contribution in [0, 0.1) is 19.8 Å². The van der Waals surface area contributed by atoms with Gasteiger partial charge in [-0.3, -0.25) is 0 Å². The number of rotatable bonds is 4. The summed E-state index contributed by atoms with van der Waals surface area (Å²) in [5, 5.41) is 6.99. The Labute approximate surface area is 103 Å². The Balaban J connectivity index is 2.19. The number of aromatic nitrogens is 1. The quantitative estimate of drug-likeness (QED) is 0.840. The first kappa shape index (κ1) is 12.6. The molecule has 0 amide bonds. The van der Waals surface area contributed by atoms with Crippen LogP contribution < -0.4 is 10.6 Å². The molecule has 0 spiro atoms. The van der Waals surface area contributed by atoms with E-state index < -0.39 is 0 Å². The summed E-state index contributed by atoms with van der Waals surface area (Å²) in [6.45, 7) is 10.5. The number of hydrogen-bond acceptors (Lipinski definition) is 4. The number of nitrogens with one attached hydrogen (secondary N) is 2. The molecule has 2 atom stereocenters. The highest BCUT2D eigenvalue weighted by Crippen LogP contribution is 2.28. The molecule has 17 heavy (non-hydrogen) atoms. The molecule has 0 radical (unpaired) electrons. The molecule has 0 saturated carbocycles. The lowest BCUT2D eigenvalue weighted by atomic mass is 9.98. The van der Waals surface area contributed by atoms with Gasteiger partial charge in [0, 0.05) is 12.6 Å². The second-order valence-corrected chi connectivity index (χ2v) is 5.25. The third kappa shape index (κ3) is 2.87. The molecule has 1 aliphatic heterocycles. The molecule has 2 unspecified atom stereocenters. The van der Waals surface area contributed by atoms with Crippen molar-refractivity contribution in [2.24, 2.45) is 5.92 Å². The zero-order chi connectivity index (χ0) is 12.4. The first-order chi connectivity index (χ1) is 8.08. The van der Waals surface area contributed by atoms with Gasteiger partial charge in [-0.05, 0) is 32.7 Å². The maximum absolute atomic E-state index is 5.79. The van der Waals surface area contributed by atoms with Gasteiger partial charge in [-0.25, -0.2) is 4.98 Å². The summed E-state index contributed by atoms with van der Waals surface area (Å²) < 4.78 is 5.79. The average Bonchev–Trinajstić information content (AvgIpc) is 2.86. The van der Waals surface area contributed by atoms with Gasteiger partial charge in [0.15, 0.2) is 0 Å². The molecule has 0 aliphatic carbocycles. The van der Waals surface area contributed by atoms with Crippen molar-refractivity contribution < 1.29 is 4.42 Å². The van der Waals surface area contributed by atoms with Crippen molar-refractivity contribution in [1.82, 2.24) is 15.6 Å².